The average Bonchev–Trinajstić information content (AvgIpc) is 3.46. The highest BCUT2D eigenvalue weighted by Crippen LogP contribution is 2.44. The number of pyridine rings is 1. The van der Waals surface area contributed by atoms with Gasteiger partial charge in [-0.2, -0.15) is 0 Å². The highest BCUT2D eigenvalue weighted by Gasteiger charge is 2.47. The third-order valence-corrected chi connectivity index (χ3v) is 8.07. The summed E-state index contributed by atoms with van der Waals surface area (Å²) in [6, 6.07) is 10.4. The Bertz CT molecular complexity index is 1510. The molecule has 1 atom stereocenters. The molecule has 1 aliphatic rings. The zero-order chi connectivity index (χ0) is 25.1. The standard InChI is InChI=1S/C26H24N4O3S2/c1-13-23(34-14(2)28-13)21(31)19-20(17-8-6-7-11-27-17)30(24(33)22(19)32)25-29-16-10-9-15(26(3,4)5)12-18(16)35-25/h6-12,20,32H,1-5H3. The normalized spacial score (nSPS) is 16.5. The van der Waals surface area contributed by atoms with Crippen molar-refractivity contribution in [1.29, 1.82) is 0 Å². The number of hydrogen-bond donors (Lipinski definition) is 1. The molecule has 0 aliphatic carbocycles. The van der Waals surface area contributed by atoms with E-state index in [-0.39, 0.29) is 11.0 Å². The number of benzene rings is 1. The first-order valence-electron chi connectivity index (χ1n) is 11.1. The van der Waals surface area contributed by atoms with Crippen molar-refractivity contribution >= 4 is 49.7 Å². The van der Waals surface area contributed by atoms with Crippen LogP contribution in [-0.4, -0.2) is 31.7 Å². The van der Waals surface area contributed by atoms with E-state index in [4.69, 9.17) is 4.98 Å². The lowest BCUT2D eigenvalue weighted by molar-refractivity contribution is -0.117. The predicted molar refractivity (Wildman–Crippen MR) is 138 cm³/mol. The Labute approximate surface area is 210 Å². The summed E-state index contributed by atoms with van der Waals surface area (Å²) in [6.07, 6.45) is 1.60. The lowest BCUT2D eigenvalue weighted by atomic mass is 9.87. The van der Waals surface area contributed by atoms with Gasteiger partial charge in [-0.3, -0.25) is 19.5 Å². The monoisotopic (exact) mass is 504 g/mol. The molecule has 3 aromatic heterocycles. The number of amides is 1. The minimum atomic E-state index is -0.902. The maximum atomic E-state index is 13.7. The number of thiazole rings is 2. The van der Waals surface area contributed by atoms with Gasteiger partial charge in [-0.25, -0.2) is 9.97 Å². The topological polar surface area (TPSA) is 96.3 Å². The van der Waals surface area contributed by atoms with Crippen molar-refractivity contribution in [2.45, 2.75) is 46.1 Å². The maximum Gasteiger partial charge on any atom is 0.296 e. The fraction of sp³-hybridized carbons (Fsp3) is 0.269. The SMILES string of the molecule is Cc1nc(C)c(C(=O)C2=C(O)C(=O)N(c3nc4ccc(C(C)(C)C)cc4s3)C2c2ccccn2)s1. The van der Waals surface area contributed by atoms with Crippen LogP contribution < -0.4 is 4.90 Å². The second-order valence-corrected chi connectivity index (χ2v) is 11.7. The van der Waals surface area contributed by atoms with Crippen molar-refractivity contribution in [3.63, 3.8) is 0 Å². The molecule has 0 bridgehead atoms. The molecule has 5 rings (SSSR count). The van der Waals surface area contributed by atoms with Gasteiger partial charge in [0, 0.05) is 6.20 Å². The summed E-state index contributed by atoms with van der Waals surface area (Å²) in [5, 5.41) is 12.1. The minimum absolute atomic E-state index is 0.00455. The van der Waals surface area contributed by atoms with Crippen LogP contribution in [0.4, 0.5) is 5.13 Å². The Balaban J connectivity index is 1.66. The second kappa shape index (κ2) is 8.35. The number of aromatic nitrogens is 3. The lowest BCUT2D eigenvalue weighted by Gasteiger charge is -2.23. The Morgan fingerprint density at radius 3 is 2.49 bits per heavy atom. The Morgan fingerprint density at radius 1 is 1.09 bits per heavy atom. The maximum absolute atomic E-state index is 13.7. The molecule has 1 aliphatic heterocycles. The molecule has 0 saturated carbocycles. The van der Waals surface area contributed by atoms with Crippen LogP contribution in [0.2, 0.25) is 0 Å². The smallest absolute Gasteiger partial charge is 0.296 e. The van der Waals surface area contributed by atoms with Crippen LogP contribution in [0.3, 0.4) is 0 Å². The van der Waals surface area contributed by atoms with Gasteiger partial charge >= 0.3 is 0 Å². The summed E-state index contributed by atoms with van der Waals surface area (Å²) in [6.45, 7) is 9.98. The number of aliphatic hydroxyl groups excluding tert-OH is 1. The number of Topliss-reactive ketones (excluding diaryl/α,β-unsaturated/α-hetero) is 1. The van der Waals surface area contributed by atoms with Crippen LogP contribution in [0.15, 0.2) is 53.9 Å². The molecule has 9 heteroatoms. The summed E-state index contributed by atoms with van der Waals surface area (Å²) in [7, 11) is 0. The number of aliphatic hydroxyl groups is 1. The molecule has 0 fully saturated rings. The van der Waals surface area contributed by atoms with E-state index in [0.29, 0.717) is 21.4 Å². The van der Waals surface area contributed by atoms with E-state index < -0.39 is 23.5 Å². The van der Waals surface area contributed by atoms with E-state index >= 15 is 0 Å². The number of fused-ring (bicyclic) bond motifs is 1. The molecule has 0 saturated heterocycles. The van der Waals surface area contributed by atoms with Crippen LogP contribution in [-0.2, 0) is 10.2 Å². The molecule has 178 valence electrons. The largest absolute Gasteiger partial charge is 0.503 e. The minimum Gasteiger partial charge on any atom is -0.503 e. The fourth-order valence-electron chi connectivity index (χ4n) is 4.20. The van der Waals surface area contributed by atoms with Gasteiger partial charge in [-0.1, -0.05) is 44.2 Å². The van der Waals surface area contributed by atoms with Crippen LogP contribution in [0.5, 0.6) is 0 Å². The highest BCUT2D eigenvalue weighted by atomic mass is 32.1. The number of hydrogen-bond acceptors (Lipinski definition) is 8. The first-order chi connectivity index (χ1) is 16.6. The first kappa shape index (κ1) is 23.3. The van der Waals surface area contributed by atoms with Crippen molar-refractivity contribution in [3.05, 3.63) is 80.8 Å². The number of nitrogens with zero attached hydrogens (tertiary/aromatic N) is 4. The molecule has 1 amide bonds. The number of carbonyl (C=O) groups is 2. The molecule has 4 heterocycles. The van der Waals surface area contributed by atoms with Gasteiger partial charge in [0.25, 0.3) is 5.91 Å². The fourth-order valence-corrected chi connectivity index (χ4v) is 6.10. The van der Waals surface area contributed by atoms with Crippen LogP contribution >= 0.6 is 22.7 Å². The van der Waals surface area contributed by atoms with Gasteiger partial charge in [0.2, 0.25) is 5.78 Å². The second-order valence-electron chi connectivity index (χ2n) is 9.50. The van der Waals surface area contributed by atoms with E-state index in [1.54, 1.807) is 31.3 Å². The van der Waals surface area contributed by atoms with E-state index in [0.717, 1.165) is 20.8 Å². The summed E-state index contributed by atoms with van der Waals surface area (Å²) >= 11 is 2.60. The molecular weight excluding hydrogens is 480 g/mol. The van der Waals surface area contributed by atoms with Gasteiger partial charge in [0.15, 0.2) is 10.9 Å². The van der Waals surface area contributed by atoms with E-state index in [2.05, 4.69) is 36.8 Å². The summed E-state index contributed by atoms with van der Waals surface area (Å²) < 4.78 is 0.924. The number of aryl methyl sites for hydroxylation is 2. The zero-order valence-corrected chi connectivity index (χ0v) is 21.6. The van der Waals surface area contributed by atoms with Gasteiger partial charge in [-0.15, -0.1) is 11.3 Å². The van der Waals surface area contributed by atoms with Crippen molar-refractivity contribution in [2.75, 3.05) is 4.90 Å². The van der Waals surface area contributed by atoms with Crippen molar-refractivity contribution < 1.29 is 14.7 Å². The molecule has 0 spiro atoms. The van der Waals surface area contributed by atoms with Crippen LogP contribution in [0.1, 0.15) is 58.4 Å². The third kappa shape index (κ3) is 3.94. The molecule has 1 unspecified atom stereocenters. The third-order valence-electron chi connectivity index (χ3n) is 5.98. The van der Waals surface area contributed by atoms with E-state index in [9.17, 15) is 14.7 Å². The Kier molecular flexibility index (Phi) is 5.56. The van der Waals surface area contributed by atoms with Gasteiger partial charge in [0.1, 0.15) is 6.04 Å². The van der Waals surface area contributed by atoms with Crippen molar-refractivity contribution in [3.8, 4) is 0 Å². The summed E-state index contributed by atoms with van der Waals surface area (Å²) in [5.74, 6) is -1.67. The summed E-state index contributed by atoms with van der Waals surface area (Å²) in [4.78, 5) is 42.3. The molecule has 1 aromatic carbocycles. The molecule has 7 nitrogen and oxygen atoms in total. The van der Waals surface area contributed by atoms with E-state index in [1.165, 1.54) is 27.6 Å². The van der Waals surface area contributed by atoms with Crippen molar-refractivity contribution in [1.82, 2.24) is 15.0 Å². The first-order valence-corrected chi connectivity index (χ1v) is 12.8. The molecular formula is C26H24N4O3S2. The van der Waals surface area contributed by atoms with Crippen LogP contribution in [0.25, 0.3) is 10.2 Å². The number of ketones is 1. The Hall–Kier alpha value is -3.43. The molecule has 0 radical (unpaired) electrons. The number of anilines is 1. The highest BCUT2D eigenvalue weighted by molar-refractivity contribution is 7.22. The predicted octanol–water partition coefficient (Wildman–Crippen LogP) is 5.85. The zero-order valence-electron chi connectivity index (χ0n) is 20.0. The number of rotatable bonds is 4. The lowest BCUT2D eigenvalue weighted by Crippen LogP contribution is -2.31. The van der Waals surface area contributed by atoms with Gasteiger partial charge in [-0.05, 0) is 49.1 Å². The van der Waals surface area contributed by atoms with Crippen molar-refractivity contribution in [2.24, 2.45) is 0 Å². The Morgan fingerprint density at radius 2 is 1.86 bits per heavy atom. The quantitative estimate of drug-likeness (QED) is 0.351. The average molecular weight is 505 g/mol. The molecule has 35 heavy (non-hydrogen) atoms. The van der Waals surface area contributed by atoms with Gasteiger partial charge in [0.05, 0.1) is 37.1 Å². The molecule has 4 aromatic rings. The molecule has 1 N–H and O–H groups in total. The van der Waals surface area contributed by atoms with Gasteiger partial charge < -0.3 is 5.11 Å². The van der Waals surface area contributed by atoms with E-state index in [1.807, 2.05) is 19.1 Å². The van der Waals surface area contributed by atoms with Crippen LogP contribution in [0, 0.1) is 13.8 Å². The number of carbonyl (C=O) groups excluding carboxylic acids is 2. The summed E-state index contributed by atoms with van der Waals surface area (Å²) in [5.41, 5.74) is 2.90.